The van der Waals surface area contributed by atoms with Crippen LogP contribution in [0.2, 0.25) is 0 Å². The quantitative estimate of drug-likeness (QED) is 0.820. The first-order valence-corrected chi connectivity index (χ1v) is 7.28. The number of halogens is 1. The van der Waals surface area contributed by atoms with Crippen LogP contribution in [0.1, 0.15) is 30.0 Å². The Labute approximate surface area is 133 Å². The van der Waals surface area contributed by atoms with Gasteiger partial charge >= 0.3 is 0 Å². The lowest BCUT2D eigenvalue weighted by molar-refractivity contribution is -0.131. The highest BCUT2D eigenvalue weighted by Crippen LogP contribution is 2.33. The van der Waals surface area contributed by atoms with E-state index in [9.17, 15) is 4.79 Å². The zero-order valence-electron chi connectivity index (χ0n) is 12.8. The van der Waals surface area contributed by atoms with Crippen LogP contribution in [0.25, 0.3) is 0 Å². The fraction of sp³-hybridized carbons (Fsp3) is 0.562. The number of rotatable bonds is 6. The van der Waals surface area contributed by atoms with Gasteiger partial charge in [0.1, 0.15) is 0 Å². The highest BCUT2D eigenvalue weighted by molar-refractivity contribution is 5.85. The predicted molar refractivity (Wildman–Crippen MR) is 86.9 cm³/mol. The minimum absolute atomic E-state index is 0. The average Bonchev–Trinajstić information content (AvgIpc) is 2.93. The zero-order chi connectivity index (χ0) is 14.4. The number of hydrogen-bond acceptors (Lipinski definition) is 3. The summed E-state index contributed by atoms with van der Waals surface area (Å²) in [5.41, 5.74) is 2.56. The molecule has 21 heavy (non-hydrogen) atoms. The molecule has 0 bridgehead atoms. The number of benzene rings is 1. The summed E-state index contributed by atoms with van der Waals surface area (Å²) in [5, 5.41) is 3.13. The summed E-state index contributed by atoms with van der Waals surface area (Å²) in [5.74, 6) is 0.187. The van der Waals surface area contributed by atoms with E-state index >= 15 is 0 Å². The van der Waals surface area contributed by atoms with Crippen molar-refractivity contribution in [2.45, 2.75) is 25.8 Å². The fourth-order valence-electron chi connectivity index (χ4n) is 2.82. The Morgan fingerprint density at radius 3 is 2.90 bits per heavy atom. The predicted octanol–water partition coefficient (Wildman–Crippen LogP) is 2.32. The molecule has 0 radical (unpaired) electrons. The van der Waals surface area contributed by atoms with Crippen LogP contribution in [-0.4, -0.2) is 44.2 Å². The van der Waals surface area contributed by atoms with Crippen LogP contribution in [0, 0.1) is 6.92 Å². The Morgan fingerprint density at radius 1 is 1.43 bits per heavy atom. The third-order valence-corrected chi connectivity index (χ3v) is 3.88. The van der Waals surface area contributed by atoms with E-state index in [4.69, 9.17) is 4.74 Å². The van der Waals surface area contributed by atoms with Gasteiger partial charge in [0.05, 0.1) is 19.2 Å². The molecule has 1 fully saturated rings. The Kier molecular flexibility index (Phi) is 7.72. The van der Waals surface area contributed by atoms with Crippen LogP contribution in [0.3, 0.4) is 0 Å². The SMILES string of the molecule is COCCNCC(=O)N1CCCC1c1ccccc1C.Cl. The molecule has 2 rings (SSSR count). The number of nitrogens with zero attached hydrogens (tertiary/aromatic N) is 1. The van der Waals surface area contributed by atoms with Gasteiger partial charge in [0.25, 0.3) is 0 Å². The molecule has 1 saturated heterocycles. The molecular weight excluding hydrogens is 288 g/mol. The van der Waals surface area contributed by atoms with Gasteiger partial charge in [-0.3, -0.25) is 4.79 Å². The number of amides is 1. The molecule has 0 spiro atoms. The van der Waals surface area contributed by atoms with Gasteiger partial charge in [-0.05, 0) is 30.9 Å². The molecule has 118 valence electrons. The summed E-state index contributed by atoms with van der Waals surface area (Å²) in [6, 6.07) is 8.61. The Morgan fingerprint density at radius 2 is 2.19 bits per heavy atom. The maximum absolute atomic E-state index is 12.3. The van der Waals surface area contributed by atoms with Gasteiger partial charge < -0.3 is 15.0 Å². The first-order chi connectivity index (χ1) is 9.74. The Balaban J connectivity index is 0.00000220. The second-order valence-electron chi connectivity index (χ2n) is 5.27. The number of hydrogen-bond donors (Lipinski definition) is 1. The molecule has 1 aromatic carbocycles. The maximum atomic E-state index is 12.3. The molecule has 1 aromatic rings. The van der Waals surface area contributed by atoms with E-state index < -0.39 is 0 Å². The van der Waals surface area contributed by atoms with Crippen molar-refractivity contribution in [3.05, 3.63) is 35.4 Å². The Hall–Kier alpha value is -1.10. The highest BCUT2D eigenvalue weighted by Gasteiger charge is 2.30. The van der Waals surface area contributed by atoms with Crippen LogP contribution < -0.4 is 5.32 Å². The third-order valence-electron chi connectivity index (χ3n) is 3.88. The van der Waals surface area contributed by atoms with E-state index in [1.54, 1.807) is 7.11 Å². The standard InChI is InChI=1S/C16H24N2O2.ClH/c1-13-6-3-4-7-14(13)15-8-5-10-18(15)16(19)12-17-9-11-20-2;/h3-4,6-7,15,17H,5,8-12H2,1-2H3;1H. The van der Waals surface area contributed by atoms with Crippen LogP contribution in [-0.2, 0) is 9.53 Å². The number of ether oxygens (including phenoxy) is 1. The van der Waals surface area contributed by atoms with Crippen molar-refractivity contribution in [3.63, 3.8) is 0 Å². The molecule has 4 nitrogen and oxygen atoms in total. The molecule has 1 atom stereocenters. The van der Waals surface area contributed by atoms with Gasteiger partial charge in [0.2, 0.25) is 5.91 Å². The molecule has 1 amide bonds. The molecule has 1 heterocycles. The first kappa shape index (κ1) is 18.0. The van der Waals surface area contributed by atoms with E-state index in [1.165, 1.54) is 11.1 Å². The lowest BCUT2D eigenvalue weighted by Gasteiger charge is -2.26. The van der Waals surface area contributed by atoms with Crippen molar-refractivity contribution in [1.82, 2.24) is 10.2 Å². The van der Waals surface area contributed by atoms with Crippen molar-refractivity contribution in [1.29, 1.82) is 0 Å². The minimum Gasteiger partial charge on any atom is -0.383 e. The fourth-order valence-corrected chi connectivity index (χ4v) is 2.82. The van der Waals surface area contributed by atoms with Crippen molar-refractivity contribution in [3.8, 4) is 0 Å². The highest BCUT2D eigenvalue weighted by atomic mass is 35.5. The third kappa shape index (κ3) is 4.70. The van der Waals surface area contributed by atoms with E-state index in [2.05, 4.69) is 30.4 Å². The number of aryl methyl sites for hydroxylation is 1. The summed E-state index contributed by atoms with van der Waals surface area (Å²) in [6.07, 6.45) is 2.15. The summed E-state index contributed by atoms with van der Waals surface area (Å²) >= 11 is 0. The molecule has 1 unspecified atom stereocenters. The minimum atomic E-state index is 0. The van der Waals surface area contributed by atoms with Crippen LogP contribution >= 0.6 is 12.4 Å². The smallest absolute Gasteiger partial charge is 0.237 e. The normalized spacial score (nSPS) is 17.6. The number of methoxy groups -OCH3 is 1. The van der Waals surface area contributed by atoms with Crippen molar-refractivity contribution in [2.75, 3.05) is 33.4 Å². The van der Waals surface area contributed by atoms with Crippen LogP contribution in [0.4, 0.5) is 0 Å². The second kappa shape index (κ2) is 9.03. The lowest BCUT2D eigenvalue weighted by Crippen LogP contribution is -2.38. The van der Waals surface area contributed by atoms with E-state index in [-0.39, 0.29) is 24.4 Å². The van der Waals surface area contributed by atoms with Gasteiger partial charge in [-0.1, -0.05) is 24.3 Å². The van der Waals surface area contributed by atoms with Crippen molar-refractivity contribution in [2.24, 2.45) is 0 Å². The summed E-state index contributed by atoms with van der Waals surface area (Å²) in [6.45, 7) is 4.72. The van der Waals surface area contributed by atoms with Gasteiger partial charge in [0.15, 0.2) is 0 Å². The van der Waals surface area contributed by atoms with E-state index in [1.807, 2.05) is 11.0 Å². The van der Waals surface area contributed by atoms with Gasteiger partial charge in [0, 0.05) is 20.2 Å². The first-order valence-electron chi connectivity index (χ1n) is 7.28. The molecule has 1 N–H and O–H groups in total. The van der Waals surface area contributed by atoms with Gasteiger partial charge in [-0.15, -0.1) is 12.4 Å². The van der Waals surface area contributed by atoms with Crippen LogP contribution in [0.5, 0.6) is 0 Å². The molecule has 0 saturated carbocycles. The molecule has 1 aliphatic rings. The van der Waals surface area contributed by atoms with Gasteiger partial charge in [-0.25, -0.2) is 0 Å². The van der Waals surface area contributed by atoms with Crippen molar-refractivity contribution >= 4 is 18.3 Å². The lowest BCUT2D eigenvalue weighted by atomic mass is 9.99. The molecule has 0 aromatic heterocycles. The Bertz CT molecular complexity index is 454. The average molecular weight is 313 g/mol. The van der Waals surface area contributed by atoms with Gasteiger partial charge in [-0.2, -0.15) is 0 Å². The van der Waals surface area contributed by atoms with E-state index in [0.29, 0.717) is 19.7 Å². The van der Waals surface area contributed by atoms with Crippen LogP contribution in [0.15, 0.2) is 24.3 Å². The summed E-state index contributed by atoms with van der Waals surface area (Å²) in [7, 11) is 1.66. The molecule has 5 heteroatoms. The zero-order valence-corrected chi connectivity index (χ0v) is 13.6. The molecule has 0 aliphatic carbocycles. The maximum Gasteiger partial charge on any atom is 0.237 e. The van der Waals surface area contributed by atoms with E-state index in [0.717, 1.165) is 19.4 Å². The summed E-state index contributed by atoms with van der Waals surface area (Å²) in [4.78, 5) is 14.3. The number of likely N-dealkylation sites (tertiary alicyclic amines) is 1. The molecular formula is C16H25ClN2O2. The largest absolute Gasteiger partial charge is 0.383 e. The second-order valence-corrected chi connectivity index (χ2v) is 5.27. The van der Waals surface area contributed by atoms with Crippen molar-refractivity contribution < 1.29 is 9.53 Å². The number of carbonyl (C=O) groups excluding carboxylic acids is 1. The topological polar surface area (TPSA) is 41.6 Å². The molecule has 1 aliphatic heterocycles. The summed E-state index contributed by atoms with van der Waals surface area (Å²) < 4.78 is 4.97. The monoisotopic (exact) mass is 312 g/mol. The number of carbonyl (C=O) groups is 1. The number of nitrogens with one attached hydrogen (secondary N) is 1.